The monoisotopic (exact) mass is 500 g/mol. The van der Waals surface area contributed by atoms with E-state index < -0.39 is 29.8 Å². The van der Waals surface area contributed by atoms with Crippen molar-refractivity contribution in [1.29, 1.82) is 0 Å². The lowest BCUT2D eigenvalue weighted by atomic mass is 9.49. The molecule has 0 spiro atoms. The lowest BCUT2D eigenvalue weighted by Gasteiger charge is -2.62. The topological polar surface area (TPSA) is 66.4 Å². The van der Waals surface area contributed by atoms with E-state index in [0.717, 1.165) is 44.8 Å². The van der Waals surface area contributed by atoms with Gasteiger partial charge in [-0.1, -0.05) is 18.2 Å². The van der Waals surface area contributed by atoms with Gasteiger partial charge in [0.15, 0.2) is 0 Å². The van der Waals surface area contributed by atoms with Crippen LogP contribution in [0.1, 0.15) is 66.6 Å². The number of halogens is 3. The number of aromatic nitrogens is 1. The molecule has 1 aliphatic heterocycles. The van der Waals surface area contributed by atoms with E-state index in [-0.39, 0.29) is 22.7 Å². The van der Waals surface area contributed by atoms with Crippen molar-refractivity contribution in [3.63, 3.8) is 0 Å². The highest BCUT2D eigenvalue weighted by molar-refractivity contribution is 5.99. The molecule has 192 valence electrons. The number of hydrogen-bond acceptors (Lipinski definition) is 4. The minimum absolute atomic E-state index is 0.0000331. The van der Waals surface area contributed by atoms with Gasteiger partial charge in [-0.2, -0.15) is 0 Å². The van der Waals surface area contributed by atoms with Gasteiger partial charge in [-0.15, -0.1) is 0 Å². The van der Waals surface area contributed by atoms with Crippen molar-refractivity contribution in [3.8, 4) is 0 Å². The van der Waals surface area contributed by atoms with Crippen LogP contribution in [-0.2, 0) is 5.54 Å². The predicted octanol–water partition coefficient (Wildman–Crippen LogP) is 4.29. The van der Waals surface area contributed by atoms with Gasteiger partial charge in [-0.25, -0.2) is 13.2 Å². The Labute approximate surface area is 207 Å². The summed E-state index contributed by atoms with van der Waals surface area (Å²) >= 11 is 0. The first-order chi connectivity index (χ1) is 17.1. The fraction of sp³-hybridized carbons (Fsp3) is 0.556. The molecule has 1 amide bonds. The first kappa shape index (κ1) is 23.6. The van der Waals surface area contributed by atoms with E-state index in [9.17, 15) is 22.8 Å². The molecule has 1 saturated heterocycles. The fourth-order valence-corrected chi connectivity index (χ4v) is 6.89. The Bertz CT molecular complexity index is 1250. The van der Waals surface area contributed by atoms with Gasteiger partial charge in [0, 0.05) is 42.5 Å². The Hall–Kier alpha value is -2.81. The average Bonchev–Trinajstić information content (AvgIpc) is 2.76. The third-order valence-corrected chi connectivity index (χ3v) is 8.96. The molecule has 2 aromatic rings. The van der Waals surface area contributed by atoms with Crippen LogP contribution in [0.4, 0.5) is 18.9 Å². The molecule has 7 rings (SSSR count). The Kier molecular flexibility index (Phi) is 5.48. The molecular formula is C27H31F3N4O2. The fourth-order valence-electron chi connectivity index (χ4n) is 6.89. The number of nitrogens with zero attached hydrogens (tertiary/aromatic N) is 2. The molecule has 4 atom stereocenters. The first-order valence-electron chi connectivity index (χ1n) is 12.7. The maximum Gasteiger partial charge on any atom is 0.266 e. The molecule has 4 aliphatic carbocycles. The summed E-state index contributed by atoms with van der Waals surface area (Å²) in [7, 11) is 2.10. The number of nitrogens with one attached hydrogen (secondary N) is 2. The molecule has 1 aromatic heterocycles. The second-order valence-electron chi connectivity index (χ2n) is 11.4. The van der Waals surface area contributed by atoms with E-state index in [4.69, 9.17) is 0 Å². The zero-order chi connectivity index (χ0) is 25.4. The number of hydrogen-bond donors (Lipinski definition) is 2. The van der Waals surface area contributed by atoms with Crippen LogP contribution in [-0.4, -0.2) is 41.6 Å². The number of pyridine rings is 1. The minimum atomic E-state index is -2.94. The Balaban J connectivity index is 1.30. The molecule has 1 unspecified atom stereocenters. The number of piperidine rings is 2. The summed E-state index contributed by atoms with van der Waals surface area (Å²) in [5, 5.41) is 6.28. The number of anilines is 1. The third kappa shape index (κ3) is 3.66. The lowest BCUT2D eigenvalue weighted by Crippen LogP contribution is -2.62. The molecule has 36 heavy (non-hydrogen) atoms. The number of benzene rings is 1. The number of carbonyl (C=O) groups is 1. The summed E-state index contributed by atoms with van der Waals surface area (Å²) in [4.78, 5) is 28.9. The van der Waals surface area contributed by atoms with Gasteiger partial charge in [0.05, 0.1) is 22.9 Å². The van der Waals surface area contributed by atoms with Crippen LogP contribution < -0.4 is 16.2 Å². The highest BCUT2D eigenvalue weighted by atomic mass is 19.3. The summed E-state index contributed by atoms with van der Waals surface area (Å²) in [6.07, 6.45) is 2.67. The van der Waals surface area contributed by atoms with Gasteiger partial charge >= 0.3 is 0 Å². The van der Waals surface area contributed by atoms with Crippen LogP contribution in [0.5, 0.6) is 0 Å². The molecule has 4 bridgehead atoms. The number of alkyl halides is 2. The van der Waals surface area contributed by atoms with Crippen LogP contribution >= 0.6 is 0 Å². The molecule has 4 saturated carbocycles. The van der Waals surface area contributed by atoms with E-state index in [0.29, 0.717) is 29.0 Å². The molecule has 0 radical (unpaired) electrons. The summed E-state index contributed by atoms with van der Waals surface area (Å²) in [6, 6.07) is 4.69. The summed E-state index contributed by atoms with van der Waals surface area (Å²) in [6.45, 7) is 3.50. The number of likely N-dealkylation sites (tertiary alicyclic amines) is 1. The minimum Gasteiger partial charge on any atom is -0.381 e. The van der Waals surface area contributed by atoms with Gasteiger partial charge in [0.25, 0.3) is 17.9 Å². The SMILES string of the molecule is C[C@@H](NC(=O)c1cn(C23CC(C2)C3)c(=O)cc1NC1[C@@H]2C[C@H]1CN(C)C2)c1cccc(C(F)F)c1F. The average molecular weight is 501 g/mol. The van der Waals surface area contributed by atoms with Crippen LogP contribution in [0.15, 0.2) is 35.3 Å². The van der Waals surface area contributed by atoms with Gasteiger partial charge in [-0.05, 0) is 57.4 Å². The number of amides is 1. The second-order valence-corrected chi connectivity index (χ2v) is 11.4. The van der Waals surface area contributed by atoms with Crippen LogP contribution in [0, 0.1) is 23.6 Å². The molecule has 5 fully saturated rings. The van der Waals surface area contributed by atoms with Crippen LogP contribution in [0.2, 0.25) is 0 Å². The van der Waals surface area contributed by atoms with Gasteiger partial charge in [0.2, 0.25) is 0 Å². The highest BCUT2D eigenvalue weighted by Crippen LogP contribution is 2.61. The van der Waals surface area contributed by atoms with Gasteiger partial charge in [0.1, 0.15) is 5.82 Å². The standard InChI is InChI=1S/C27H31F3N4O2/c1-14(18-4-3-5-19(23(18)28)25(29)30)31-26(36)20-13-34(27-8-15(9-27)10-27)22(35)7-21(20)32-24-16-6-17(24)12-33(2)11-16/h3-5,7,13-17,24-25,32H,6,8-12H2,1-2H3,(H,31,36)/t14-,15?,16-,17+,24?,27?/m1/s1. The Morgan fingerprint density at radius 3 is 2.42 bits per heavy atom. The largest absolute Gasteiger partial charge is 0.381 e. The van der Waals surface area contributed by atoms with Gasteiger partial charge < -0.3 is 20.1 Å². The van der Waals surface area contributed by atoms with E-state index in [1.165, 1.54) is 18.2 Å². The molecule has 1 aromatic carbocycles. The van der Waals surface area contributed by atoms with E-state index in [1.54, 1.807) is 17.7 Å². The molecule has 5 aliphatic rings. The van der Waals surface area contributed by atoms with Crippen molar-refractivity contribution in [2.45, 2.75) is 56.7 Å². The first-order valence-corrected chi connectivity index (χ1v) is 12.7. The Morgan fingerprint density at radius 1 is 1.14 bits per heavy atom. The van der Waals surface area contributed by atoms with Crippen molar-refractivity contribution in [2.75, 3.05) is 25.5 Å². The van der Waals surface area contributed by atoms with Crippen molar-refractivity contribution in [1.82, 2.24) is 14.8 Å². The number of fused-ring (bicyclic) bond motifs is 2. The third-order valence-electron chi connectivity index (χ3n) is 8.96. The normalized spacial score (nSPS) is 31.2. The molecule has 9 heteroatoms. The Morgan fingerprint density at radius 2 is 1.81 bits per heavy atom. The summed E-state index contributed by atoms with van der Waals surface area (Å²) in [5.41, 5.74) is -0.199. The smallest absolute Gasteiger partial charge is 0.266 e. The quantitative estimate of drug-likeness (QED) is 0.596. The lowest BCUT2D eigenvalue weighted by molar-refractivity contribution is -0.0914. The van der Waals surface area contributed by atoms with Gasteiger partial charge in [-0.3, -0.25) is 9.59 Å². The maximum atomic E-state index is 14.7. The van der Waals surface area contributed by atoms with Crippen molar-refractivity contribution in [3.05, 3.63) is 63.3 Å². The molecule has 2 heterocycles. The van der Waals surface area contributed by atoms with Crippen LogP contribution in [0.3, 0.4) is 0 Å². The molecular weight excluding hydrogens is 469 g/mol. The van der Waals surface area contributed by atoms with Crippen molar-refractivity contribution < 1.29 is 18.0 Å². The van der Waals surface area contributed by atoms with E-state index >= 15 is 0 Å². The number of rotatable bonds is 7. The van der Waals surface area contributed by atoms with Crippen LogP contribution in [0.25, 0.3) is 0 Å². The van der Waals surface area contributed by atoms with E-state index in [1.807, 2.05) is 0 Å². The second kappa shape index (κ2) is 8.36. The molecule has 2 N–H and O–H groups in total. The van der Waals surface area contributed by atoms with Crippen molar-refractivity contribution in [2.24, 2.45) is 17.8 Å². The predicted molar refractivity (Wildman–Crippen MR) is 130 cm³/mol. The van der Waals surface area contributed by atoms with Crippen molar-refractivity contribution >= 4 is 11.6 Å². The number of carbonyl (C=O) groups excluding carboxylic acids is 1. The maximum absolute atomic E-state index is 14.7. The van der Waals surface area contributed by atoms with E-state index in [2.05, 4.69) is 22.6 Å². The highest BCUT2D eigenvalue weighted by Gasteiger charge is 2.58. The summed E-state index contributed by atoms with van der Waals surface area (Å²) in [5.74, 6) is 0.0887. The molecule has 6 nitrogen and oxygen atoms in total. The zero-order valence-corrected chi connectivity index (χ0v) is 20.4. The zero-order valence-electron chi connectivity index (χ0n) is 20.4. The summed E-state index contributed by atoms with van der Waals surface area (Å²) < 4.78 is 42.8.